The van der Waals surface area contributed by atoms with E-state index in [9.17, 15) is 4.79 Å². The van der Waals surface area contributed by atoms with E-state index >= 15 is 0 Å². The summed E-state index contributed by atoms with van der Waals surface area (Å²) in [6.45, 7) is 4.68. The summed E-state index contributed by atoms with van der Waals surface area (Å²) < 4.78 is 5.40. The van der Waals surface area contributed by atoms with Gasteiger partial charge in [-0.25, -0.2) is 4.79 Å². The van der Waals surface area contributed by atoms with Crippen molar-refractivity contribution in [1.82, 2.24) is 10.6 Å². The van der Waals surface area contributed by atoms with Crippen LogP contribution in [0.15, 0.2) is 36.9 Å². The van der Waals surface area contributed by atoms with E-state index in [1.807, 2.05) is 18.2 Å². The van der Waals surface area contributed by atoms with Crippen molar-refractivity contribution in [2.75, 3.05) is 20.2 Å². The molecule has 4 nitrogen and oxygen atoms in total. The smallest absolute Gasteiger partial charge is 0.315 e. The first kappa shape index (κ1) is 13.5. The highest BCUT2D eigenvalue weighted by molar-refractivity contribution is 5.74. The van der Waals surface area contributed by atoms with Crippen molar-refractivity contribution in [2.45, 2.75) is 18.3 Å². The molecule has 1 fully saturated rings. The zero-order chi connectivity index (χ0) is 13.7. The van der Waals surface area contributed by atoms with Crippen molar-refractivity contribution in [2.24, 2.45) is 0 Å². The summed E-state index contributed by atoms with van der Waals surface area (Å²) in [6.07, 6.45) is 3.82. The molecule has 0 radical (unpaired) electrons. The lowest BCUT2D eigenvalue weighted by molar-refractivity contribution is 0.240. The number of hydrogen-bond donors (Lipinski definition) is 2. The minimum Gasteiger partial charge on any atom is -0.496 e. The Bertz CT molecular complexity index is 467. The molecule has 1 aliphatic carbocycles. The molecule has 4 heteroatoms. The SMILES string of the molecule is C=CCNC(=O)NCC1(c2ccccc2OC)CC1. The Balaban J connectivity index is 1.99. The van der Waals surface area contributed by atoms with Crippen LogP contribution < -0.4 is 15.4 Å². The number of carbonyl (C=O) groups is 1. The topological polar surface area (TPSA) is 50.4 Å². The monoisotopic (exact) mass is 260 g/mol. The lowest BCUT2D eigenvalue weighted by Crippen LogP contribution is -2.39. The van der Waals surface area contributed by atoms with Gasteiger partial charge in [-0.2, -0.15) is 0 Å². The van der Waals surface area contributed by atoms with Crippen LogP contribution in [0.2, 0.25) is 0 Å². The Kier molecular flexibility index (Phi) is 4.10. The van der Waals surface area contributed by atoms with Crippen molar-refractivity contribution in [3.8, 4) is 5.75 Å². The Labute approximate surface area is 113 Å². The second-order valence-electron chi connectivity index (χ2n) is 4.83. The van der Waals surface area contributed by atoms with Crippen molar-refractivity contribution < 1.29 is 9.53 Å². The number of urea groups is 1. The van der Waals surface area contributed by atoms with Crippen LogP contribution in [0.5, 0.6) is 5.75 Å². The van der Waals surface area contributed by atoms with Crippen LogP contribution in [-0.4, -0.2) is 26.2 Å². The lowest BCUT2D eigenvalue weighted by Gasteiger charge is -2.19. The fourth-order valence-corrected chi connectivity index (χ4v) is 2.25. The molecule has 19 heavy (non-hydrogen) atoms. The molecular formula is C15H20N2O2. The zero-order valence-corrected chi connectivity index (χ0v) is 11.2. The van der Waals surface area contributed by atoms with Crippen LogP contribution in [0.4, 0.5) is 4.79 Å². The number of rotatable bonds is 6. The molecule has 0 spiro atoms. The van der Waals surface area contributed by atoms with Crippen LogP contribution in [-0.2, 0) is 5.41 Å². The third-order valence-electron chi connectivity index (χ3n) is 3.53. The van der Waals surface area contributed by atoms with Gasteiger partial charge in [-0.15, -0.1) is 6.58 Å². The zero-order valence-electron chi connectivity index (χ0n) is 11.2. The van der Waals surface area contributed by atoms with Gasteiger partial charge in [0.05, 0.1) is 7.11 Å². The predicted octanol–water partition coefficient (Wildman–Crippen LogP) is 2.21. The molecule has 2 N–H and O–H groups in total. The Morgan fingerprint density at radius 3 is 2.79 bits per heavy atom. The van der Waals surface area contributed by atoms with E-state index in [1.54, 1.807) is 13.2 Å². The van der Waals surface area contributed by atoms with E-state index in [0.717, 1.165) is 18.6 Å². The number of ether oxygens (including phenoxy) is 1. The van der Waals surface area contributed by atoms with Gasteiger partial charge < -0.3 is 15.4 Å². The third-order valence-corrected chi connectivity index (χ3v) is 3.53. The van der Waals surface area contributed by atoms with Crippen LogP contribution in [0.3, 0.4) is 0 Å². The van der Waals surface area contributed by atoms with Crippen LogP contribution >= 0.6 is 0 Å². The molecule has 1 aromatic carbocycles. The average molecular weight is 260 g/mol. The molecule has 0 aromatic heterocycles. The maximum absolute atomic E-state index is 11.6. The normalized spacial score (nSPS) is 15.4. The molecule has 0 aliphatic heterocycles. The lowest BCUT2D eigenvalue weighted by atomic mass is 9.95. The maximum Gasteiger partial charge on any atom is 0.315 e. The quantitative estimate of drug-likeness (QED) is 0.770. The second kappa shape index (κ2) is 5.78. The average Bonchev–Trinajstić information content (AvgIpc) is 3.24. The molecule has 102 valence electrons. The van der Waals surface area contributed by atoms with Gasteiger partial charge in [0.25, 0.3) is 0 Å². The Hall–Kier alpha value is -1.97. The van der Waals surface area contributed by atoms with Crippen LogP contribution in [0.1, 0.15) is 18.4 Å². The van der Waals surface area contributed by atoms with E-state index < -0.39 is 0 Å². The standard InChI is InChI=1S/C15H20N2O2/c1-3-10-16-14(18)17-11-15(8-9-15)12-6-4-5-7-13(12)19-2/h3-7H,1,8-11H2,2H3,(H2,16,17,18). The predicted molar refractivity (Wildman–Crippen MR) is 75.5 cm³/mol. The molecule has 1 aromatic rings. The van der Waals surface area contributed by atoms with Crippen molar-refractivity contribution >= 4 is 6.03 Å². The highest BCUT2D eigenvalue weighted by Crippen LogP contribution is 2.50. The van der Waals surface area contributed by atoms with Crippen molar-refractivity contribution in [3.05, 3.63) is 42.5 Å². The molecule has 2 amide bonds. The van der Waals surface area contributed by atoms with Gasteiger partial charge in [0.15, 0.2) is 0 Å². The Morgan fingerprint density at radius 2 is 2.16 bits per heavy atom. The number of nitrogens with one attached hydrogen (secondary N) is 2. The summed E-state index contributed by atoms with van der Waals surface area (Å²) in [4.78, 5) is 11.6. The van der Waals surface area contributed by atoms with Gasteiger partial charge in [-0.1, -0.05) is 24.3 Å². The van der Waals surface area contributed by atoms with Crippen molar-refractivity contribution in [1.29, 1.82) is 0 Å². The van der Waals surface area contributed by atoms with Gasteiger partial charge in [0.2, 0.25) is 0 Å². The van der Waals surface area contributed by atoms with E-state index in [-0.39, 0.29) is 11.4 Å². The van der Waals surface area contributed by atoms with E-state index in [0.29, 0.717) is 13.1 Å². The summed E-state index contributed by atoms with van der Waals surface area (Å²) in [7, 11) is 1.68. The molecule has 0 heterocycles. The van der Waals surface area contributed by atoms with Crippen LogP contribution in [0.25, 0.3) is 0 Å². The molecule has 0 atom stereocenters. The number of amides is 2. The molecule has 2 rings (SSSR count). The molecule has 1 saturated carbocycles. The summed E-state index contributed by atoms with van der Waals surface area (Å²) in [5.41, 5.74) is 1.22. The van der Waals surface area contributed by atoms with Crippen LogP contribution in [0, 0.1) is 0 Å². The summed E-state index contributed by atoms with van der Waals surface area (Å²) in [5.74, 6) is 0.897. The third kappa shape index (κ3) is 3.08. The van der Waals surface area contributed by atoms with Gasteiger partial charge in [-0.05, 0) is 18.9 Å². The molecule has 1 aliphatic rings. The number of benzene rings is 1. The summed E-state index contributed by atoms with van der Waals surface area (Å²) in [5, 5.41) is 5.63. The van der Waals surface area contributed by atoms with E-state index in [1.165, 1.54) is 5.56 Å². The van der Waals surface area contributed by atoms with Crippen molar-refractivity contribution in [3.63, 3.8) is 0 Å². The number of para-hydroxylation sites is 1. The summed E-state index contributed by atoms with van der Waals surface area (Å²) in [6, 6.07) is 7.86. The Morgan fingerprint density at radius 1 is 1.42 bits per heavy atom. The van der Waals surface area contributed by atoms with Gasteiger partial charge in [0, 0.05) is 24.1 Å². The fraction of sp³-hybridized carbons (Fsp3) is 0.400. The molecule has 0 saturated heterocycles. The maximum atomic E-state index is 11.6. The highest BCUT2D eigenvalue weighted by atomic mass is 16.5. The minimum atomic E-state index is -0.152. The first-order valence-corrected chi connectivity index (χ1v) is 6.48. The molecule has 0 bridgehead atoms. The number of methoxy groups -OCH3 is 1. The number of hydrogen-bond acceptors (Lipinski definition) is 2. The van der Waals surface area contributed by atoms with E-state index in [2.05, 4.69) is 23.3 Å². The second-order valence-corrected chi connectivity index (χ2v) is 4.83. The van der Waals surface area contributed by atoms with Gasteiger partial charge in [0.1, 0.15) is 5.75 Å². The van der Waals surface area contributed by atoms with Gasteiger partial charge in [-0.3, -0.25) is 0 Å². The summed E-state index contributed by atoms with van der Waals surface area (Å²) >= 11 is 0. The first-order valence-electron chi connectivity index (χ1n) is 6.48. The molecular weight excluding hydrogens is 240 g/mol. The molecule has 0 unspecified atom stereocenters. The van der Waals surface area contributed by atoms with Gasteiger partial charge >= 0.3 is 6.03 Å². The minimum absolute atomic E-state index is 0.0398. The fourth-order valence-electron chi connectivity index (χ4n) is 2.25. The number of carbonyl (C=O) groups excluding carboxylic acids is 1. The first-order chi connectivity index (χ1) is 9.22. The highest BCUT2D eigenvalue weighted by Gasteiger charge is 2.46. The largest absolute Gasteiger partial charge is 0.496 e. The van der Waals surface area contributed by atoms with E-state index in [4.69, 9.17) is 4.74 Å².